The maximum atomic E-state index is 12.0. The van der Waals surface area contributed by atoms with Gasteiger partial charge in [0.25, 0.3) is 5.91 Å². The van der Waals surface area contributed by atoms with E-state index in [0.29, 0.717) is 16.3 Å². The van der Waals surface area contributed by atoms with E-state index in [1.807, 2.05) is 19.1 Å². The molecular formula is C20H20ClNO4. The van der Waals surface area contributed by atoms with E-state index in [2.05, 4.69) is 5.32 Å². The van der Waals surface area contributed by atoms with Gasteiger partial charge in [0.1, 0.15) is 0 Å². The average molecular weight is 374 g/mol. The van der Waals surface area contributed by atoms with Crippen LogP contribution in [0, 0.1) is 13.8 Å². The maximum Gasteiger partial charge on any atom is 0.306 e. The van der Waals surface area contributed by atoms with Gasteiger partial charge in [0.2, 0.25) is 0 Å². The van der Waals surface area contributed by atoms with Crippen LogP contribution in [0.25, 0.3) is 0 Å². The van der Waals surface area contributed by atoms with Gasteiger partial charge in [0.15, 0.2) is 12.4 Å². The number of ether oxygens (including phenoxy) is 1. The van der Waals surface area contributed by atoms with E-state index in [1.54, 1.807) is 37.3 Å². The molecule has 0 bridgehead atoms. The number of ketones is 1. The molecule has 2 rings (SSSR count). The van der Waals surface area contributed by atoms with Crippen molar-refractivity contribution in [1.82, 2.24) is 0 Å². The molecule has 0 fully saturated rings. The van der Waals surface area contributed by atoms with Crippen LogP contribution in [0.4, 0.5) is 5.69 Å². The maximum absolute atomic E-state index is 12.0. The lowest BCUT2D eigenvalue weighted by atomic mass is 10.1. The number of Topliss-reactive ketones (excluding diaryl/α,β-unsaturated/α-hetero) is 1. The summed E-state index contributed by atoms with van der Waals surface area (Å²) in [4.78, 5) is 35.6. The second kappa shape index (κ2) is 9.15. The van der Waals surface area contributed by atoms with Crippen LogP contribution in [0.5, 0.6) is 0 Å². The summed E-state index contributed by atoms with van der Waals surface area (Å²) in [6, 6.07) is 12.3. The van der Waals surface area contributed by atoms with E-state index in [4.69, 9.17) is 16.3 Å². The number of hydrogen-bond donors (Lipinski definition) is 1. The summed E-state index contributed by atoms with van der Waals surface area (Å²) < 4.78 is 4.92. The van der Waals surface area contributed by atoms with Gasteiger partial charge in [-0.05, 0) is 31.5 Å². The number of rotatable bonds is 7. The predicted molar refractivity (Wildman–Crippen MR) is 101 cm³/mol. The van der Waals surface area contributed by atoms with Gasteiger partial charge in [-0.15, -0.1) is 0 Å². The summed E-state index contributed by atoms with van der Waals surface area (Å²) in [6.45, 7) is 3.30. The third-order valence-electron chi connectivity index (χ3n) is 3.84. The number of nitrogens with one attached hydrogen (secondary N) is 1. The quantitative estimate of drug-likeness (QED) is 0.585. The number of hydrogen-bond acceptors (Lipinski definition) is 4. The second-order valence-corrected chi connectivity index (χ2v) is 6.32. The number of amides is 1. The van der Waals surface area contributed by atoms with Crippen LogP contribution in [-0.2, 0) is 14.3 Å². The molecule has 26 heavy (non-hydrogen) atoms. The first-order valence-electron chi connectivity index (χ1n) is 8.17. The van der Waals surface area contributed by atoms with E-state index in [9.17, 15) is 14.4 Å². The minimum atomic E-state index is -0.594. The van der Waals surface area contributed by atoms with Crippen molar-refractivity contribution >= 4 is 34.9 Å². The minimum absolute atomic E-state index is 0.0386. The zero-order valence-corrected chi connectivity index (χ0v) is 15.4. The van der Waals surface area contributed by atoms with Gasteiger partial charge >= 0.3 is 5.97 Å². The van der Waals surface area contributed by atoms with Crippen LogP contribution in [0.3, 0.4) is 0 Å². The summed E-state index contributed by atoms with van der Waals surface area (Å²) in [5.74, 6) is -1.20. The Morgan fingerprint density at radius 1 is 1.00 bits per heavy atom. The molecule has 1 amide bonds. The first-order chi connectivity index (χ1) is 12.4. The Kier molecular flexibility index (Phi) is 6.92. The van der Waals surface area contributed by atoms with Crippen molar-refractivity contribution in [2.45, 2.75) is 26.7 Å². The van der Waals surface area contributed by atoms with Crippen molar-refractivity contribution in [3.63, 3.8) is 0 Å². The Morgan fingerprint density at radius 2 is 1.69 bits per heavy atom. The smallest absolute Gasteiger partial charge is 0.306 e. The Hall–Kier alpha value is -2.66. The molecule has 0 aliphatic rings. The molecule has 0 aromatic heterocycles. The number of halogens is 1. The highest BCUT2D eigenvalue weighted by Gasteiger charge is 2.13. The molecule has 0 saturated heterocycles. The molecule has 0 radical (unpaired) electrons. The molecule has 0 aliphatic heterocycles. The lowest BCUT2D eigenvalue weighted by Gasteiger charge is -2.10. The molecular weight excluding hydrogens is 354 g/mol. The van der Waals surface area contributed by atoms with E-state index >= 15 is 0 Å². The first-order valence-corrected chi connectivity index (χ1v) is 8.55. The molecule has 1 N–H and O–H groups in total. The molecule has 0 atom stereocenters. The molecule has 136 valence electrons. The van der Waals surface area contributed by atoms with E-state index in [0.717, 1.165) is 11.1 Å². The molecule has 6 heteroatoms. The average Bonchev–Trinajstić information content (AvgIpc) is 2.62. The van der Waals surface area contributed by atoms with Gasteiger partial charge in [-0.25, -0.2) is 0 Å². The highest BCUT2D eigenvalue weighted by Crippen LogP contribution is 2.22. The molecule has 0 unspecified atom stereocenters. The standard InChI is InChI=1S/C20H20ClNO4/c1-13-6-8-15(9-7-13)18(23)10-11-20(25)26-12-19(24)22-17-5-3-4-16(21)14(17)2/h3-9H,10-12H2,1-2H3,(H,22,24). The number of esters is 1. The molecule has 2 aromatic rings. The third-order valence-corrected chi connectivity index (χ3v) is 4.25. The Bertz CT molecular complexity index is 815. The summed E-state index contributed by atoms with van der Waals surface area (Å²) in [5.41, 5.74) is 2.91. The number of carbonyl (C=O) groups excluding carboxylic acids is 3. The van der Waals surface area contributed by atoms with Gasteiger partial charge in [-0.1, -0.05) is 47.5 Å². The largest absolute Gasteiger partial charge is 0.456 e. The second-order valence-electron chi connectivity index (χ2n) is 5.91. The van der Waals surface area contributed by atoms with Crippen LogP contribution in [0.1, 0.15) is 34.3 Å². The van der Waals surface area contributed by atoms with Gasteiger partial charge in [0.05, 0.1) is 6.42 Å². The molecule has 0 aliphatic carbocycles. The molecule has 2 aromatic carbocycles. The van der Waals surface area contributed by atoms with Crippen molar-refractivity contribution in [3.8, 4) is 0 Å². The SMILES string of the molecule is Cc1ccc(C(=O)CCC(=O)OCC(=O)Nc2cccc(Cl)c2C)cc1. The normalized spacial score (nSPS) is 10.3. The number of carbonyl (C=O) groups is 3. The van der Waals surface area contributed by atoms with Gasteiger partial charge in [-0.3, -0.25) is 14.4 Å². The summed E-state index contributed by atoms with van der Waals surface area (Å²) in [7, 11) is 0. The van der Waals surface area contributed by atoms with E-state index in [-0.39, 0.29) is 18.6 Å². The van der Waals surface area contributed by atoms with Crippen molar-refractivity contribution < 1.29 is 19.1 Å². The number of anilines is 1. The fourth-order valence-corrected chi connectivity index (χ4v) is 2.42. The highest BCUT2D eigenvalue weighted by molar-refractivity contribution is 6.31. The Balaban J connectivity index is 1.76. The van der Waals surface area contributed by atoms with Crippen molar-refractivity contribution in [2.75, 3.05) is 11.9 Å². The summed E-state index contributed by atoms with van der Waals surface area (Å²) in [5, 5.41) is 3.17. The topological polar surface area (TPSA) is 72.5 Å². The van der Waals surface area contributed by atoms with Crippen LogP contribution in [-0.4, -0.2) is 24.3 Å². The summed E-state index contributed by atoms with van der Waals surface area (Å²) >= 11 is 5.99. The van der Waals surface area contributed by atoms with Gasteiger partial charge in [0, 0.05) is 22.7 Å². The van der Waals surface area contributed by atoms with Crippen molar-refractivity contribution in [1.29, 1.82) is 0 Å². The van der Waals surface area contributed by atoms with Gasteiger partial charge in [-0.2, -0.15) is 0 Å². The number of aryl methyl sites for hydroxylation is 1. The lowest BCUT2D eigenvalue weighted by molar-refractivity contribution is -0.147. The molecule has 0 saturated carbocycles. The molecule has 0 heterocycles. The third kappa shape index (κ3) is 5.70. The first kappa shape index (κ1) is 19.7. The fraction of sp³-hybridized carbons (Fsp3) is 0.250. The monoisotopic (exact) mass is 373 g/mol. The van der Waals surface area contributed by atoms with E-state index in [1.165, 1.54) is 0 Å². The zero-order chi connectivity index (χ0) is 19.1. The number of benzene rings is 2. The van der Waals surface area contributed by atoms with Crippen LogP contribution < -0.4 is 5.32 Å². The van der Waals surface area contributed by atoms with Crippen LogP contribution in [0.15, 0.2) is 42.5 Å². The van der Waals surface area contributed by atoms with Crippen LogP contribution >= 0.6 is 11.6 Å². The Morgan fingerprint density at radius 3 is 2.38 bits per heavy atom. The molecule has 0 spiro atoms. The zero-order valence-electron chi connectivity index (χ0n) is 14.7. The molecule has 5 nitrogen and oxygen atoms in total. The van der Waals surface area contributed by atoms with Crippen molar-refractivity contribution in [2.24, 2.45) is 0 Å². The highest BCUT2D eigenvalue weighted by atomic mass is 35.5. The van der Waals surface area contributed by atoms with Gasteiger partial charge < -0.3 is 10.1 Å². The Labute approximate surface area is 157 Å². The minimum Gasteiger partial charge on any atom is -0.456 e. The lowest BCUT2D eigenvalue weighted by Crippen LogP contribution is -2.21. The fourth-order valence-electron chi connectivity index (χ4n) is 2.25. The van der Waals surface area contributed by atoms with Crippen molar-refractivity contribution in [3.05, 3.63) is 64.2 Å². The van der Waals surface area contributed by atoms with E-state index < -0.39 is 18.5 Å². The predicted octanol–water partition coefficient (Wildman–Crippen LogP) is 4.10. The van der Waals surface area contributed by atoms with Crippen LogP contribution in [0.2, 0.25) is 5.02 Å². The summed E-state index contributed by atoms with van der Waals surface area (Å²) in [6.07, 6.45) is -0.0346.